The molecular weight excluding hydrogens is 318 g/mol. The summed E-state index contributed by atoms with van der Waals surface area (Å²) in [7, 11) is 1.84. The highest BCUT2D eigenvalue weighted by Gasteiger charge is 2.20. The molecule has 0 aliphatic heterocycles. The van der Waals surface area contributed by atoms with Crippen LogP contribution >= 0.6 is 0 Å². The Morgan fingerprint density at radius 1 is 1.32 bits per heavy atom. The molecule has 3 rings (SSSR count). The lowest BCUT2D eigenvalue weighted by Crippen LogP contribution is -2.28. The van der Waals surface area contributed by atoms with Crippen LogP contribution in [0.3, 0.4) is 0 Å². The van der Waals surface area contributed by atoms with Crippen molar-refractivity contribution in [3.63, 3.8) is 0 Å². The van der Waals surface area contributed by atoms with Crippen molar-refractivity contribution in [3.05, 3.63) is 48.0 Å². The maximum absolute atomic E-state index is 9.55. The van der Waals surface area contributed by atoms with Crippen molar-refractivity contribution in [1.82, 2.24) is 9.88 Å². The zero-order chi connectivity index (χ0) is 17.5. The molecule has 25 heavy (non-hydrogen) atoms. The summed E-state index contributed by atoms with van der Waals surface area (Å²) >= 11 is 0. The van der Waals surface area contributed by atoms with Crippen LogP contribution in [0.15, 0.2) is 46.3 Å². The molecule has 0 amide bonds. The standard InChI is InChI=1S/C19H25N3O3/c1-22(13-16-9-6-12-24-16)18(21-23)17-10-5-11-20-19(17)25-14-15-7-3-2-4-8-15/h5-6,9-12,15,23H,2-4,7-8,13-14H2,1H3/b21-18-. The van der Waals surface area contributed by atoms with E-state index < -0.39 is 0 Å². The third-order valence-corrected chi connectivity index (χ3v) is 4.62. The number of aromatic nitrogens is 1. The number of nitrogens with zero attached hydrogens (tertiary/aromatic N) is 3. The van der Waals surface area contributed by atoms with E-state index in [1.165, 1.54) is 32.1 Å². The van der Waals surface area contributed by atoms with Gasteiger partial charge in [0.05, 0.1) is 25.0 Å². The maximum atomic E-state index is 9.55. The Labute approximate surface area is 148 Å². The summed E-state index contributed by atoms with van der Waals surface area (Å²) in [6, 6.07) is 7.39. The quantitative estimate of drug-likeness (QED) is 0.373. The number of amidine groups is 1. The molecule has 2 aromatic rings. The minimum absolute atomic E-state index is 0.406. The van der Waals surface area contributed by atoms with Crippen LogP contribution in [0, 0.1) is 5.92 Å². The second-order valence-electron chi connectivity index (χ2n) is 6.53. The van der Waals surface area contributed by atoms with E-state index in [0.717, 1.165) is 5.76 Å². The van der Waals surface area contributed by atoms with E-state index in [1.807, 2.05) is 36.2 Å². The molecule has 0 radical (unpaired) electrons. The molecule has 0 atom stereocenters. The highest BCUT2D eigenvalue weighted by atomic mass is 16.5. The molecule has 2 heterocycles. The van der Waals surface area contributed by atoms with Crippen molar-refractivity contribution in [1.29, 1.82) is 0 Å². The molecule has 1 aliphatic rings. The van der Waals surface area contributed by atoms with E-state index >= 15 is 0 Å². The van der Waals surface area contributed by atoms with E-state index in [9.17, 15) is 5.21 Å². The van der Waals surface area contributed by atoms with Crippen LogP contribution in [0.25, 0.3) is 0 Å². The Kier molecular flexibility index (Phi) is 5.93. The Morgan fingerprint density at radius 2 is 2.16 bits per heavy atom. The Hall–Kier alpha value is -2.50. The zero-order valence-corrected chi connectivity index (χ0v) is 14.6. The number of pyridine rings is 1. The molecule has 6 nitrogen and oxygen atoms in total. The second kappa shape index (κ2) is 8.55. The molecule has 2 aromatic heterocycles. The summed E-state index contributed by atoms with van der Waals surface area (Å²) in [6.07, 6.45) is 9.62. The van der Waals surface area contributed by atoms with Gasteiger partial charge in [-0.2, -0.15) is 0 Å². The van der Waals surface area contributed by atoms with Gasteiger partial charge in [-0.1, -0.05) is 24.4 Å². The van der Waals surface area contributed by atoms with Crippen molar-refractivity contribution in [2.24, 2.45) is 11.1 Å². The lowest BCUT2D eigenvalue weighted by Gasteiger charge is -2.23. The fourth-order valence-corrected chi connectivity index (χ4v) is 3.27. The minimum atomic E-state index is 0.406. The first-order valence-corrected chi connectivity index (χ1v) is 8.81. The Morgan fingerprint density at radius 3 is 2.88 bits per heavy atom. The molecule has 1 aliphatic carbocycles. The summed E-state index contributed by atoms with van der Waals surface area (Å²) in [5.74, 6) is 2.28. The largest absolute Gasteiger partial charge is 0.477 e. The topological polar surface area (TPSA) is 71.1 Å². The second-order valence-corrected chi connectivity index (χ2v) is 6.53. The van der Waals surface area contributed by atoms with Crippen LogP contribution < -0.4 is 4.74 Å². The SMILES string of the molecule is CN(Cc1ccco1)/C(=N\O)c1cccnc1OCC1CCCCC1. The molecule has 6 heteroatoms. The molecule has 1 saturated carbocycles. The third kappa shape index (κ3) is 4.53. The maximum Gasteiger partial charge on any atom is 0.224 e. The summed E-state index contributed by atoms with van der Waals surface area (Å²) in [5, 5.41) is 13.0. The van der Waals surface area contributed by atoms with Gasteiger partial charge in [0.1, 0.15) is 5.76 Å². The van der Waals surface area contributed by atoms with Crippen LogP contribution in [0.1, 0.15) is 43.4 Å². The molecule has 0 aromatic carbocycles. The van der Waals surface area contributed by atoms with Crippen LogP contribution in [0.2, 0.25) is 0 Å². The lowest BCUT2D eigenvalue weighted by atomic mass is 9.90. The van der Waals surface area contributed by atoms with Gasteiger partial charge in [0.25, 0.3) is 0 Å². The Balaban J connectivity index is 1.71. The minimum Gasteiger partial charge on any atom is -0.477 e. The van der Waals surface area contributed by atoms with Crippen LogP contribution in [-0.2, 0) is 6.54 Å². The van der Waals surface area contributed by atoms with Crippen molar-refractivity contribution in [2.45, 2.75) is 38.6 Å². The van der Waals surface area contributed by atoms with Gasteiger partial charge >= 0.3 is 0 Å². The number of hydrogen-bond acceptors (Lipinski definition) is 5. The number of ether oxygens (including phenoxy) is 1. The smallest absolute Gasteiger partial charge is 0.224 e. The fraction of sp³-hybridized carbons (Fsp3) is 0.474. The normalized spacial score (nSPS) is 16.0. The highest BCUT2D eigenvalue weighted by molar-refractivity contribution is 6.00. The van der Waals surface area contributed by atoms with Crippen LogP contribution in [0.4, 0.5) is 0 Å². The predicted molar refractivity (Wildman–Crippen MR) is 94.8 cm³/mol. The first-order valence-electron chi connectivity index (χ1n) is 8.81. The molecule has 134 valence electrons. The lowest BCUT2D eigenvalue weighted by molar-refractivity contribution is 0.202. The summed E-state index contributed by atoms with van der Waals surface area (Å²) in [5.41, 5.74) is 0.676. The van der Waals surface area contributed by atoms with Crippen molar-refractivity contribution < 1.29 is 14.4 Å². The van der Waals surface area contributed by atoms with Crippen molar-refractivity contribution >= 4 is 5.84 Å². The van der Waals surface area contributed by atoms with E-state index in [0.29, 0.717) is 36.3 Å². The van der Waals surface area contributed by atoms with E-state index in [1.54, 1.807) is 12.5 Å². The number of hydrogen-bond donors (Lipinski definition) is 1. The van der Waals surface area contributed by atoms with Gasteiger partial charge in [-0.25, -0.2) is 4.98 Å². The molecule has 1 N–H and O–H groups in total. The highest BCUT2D eigenvalue weighted by Crippen LogP contribution is 2.25. The van der Waals surface area contributed by atoms with Gasteiger partial charge in [-0.3, -0.25) is 0 Å². The van der Waals surface area contributed by atoms with E-state index in [4.69, 9.17) is 9.15 Å². The first-order chi connectivity index (χ1) is 12.3. The summed E-state index contributed by atoms with van der Waals surface area (Å²) < 4.78 is 11.4. The van der Waals surface area contributed by atoms with Gasteiger partial charge < -0.3 is 19.3 Å². The molecule has 0 spiro atoms. The zero-order valence-electron chi connectivity index (χ0n) is 14.6. The van der Waals surface area contributed by atoms with E-state index in [-0.39, 0.29) is 0 Å². The van der Waals surface area contributed by atoms with Crippen LogP contribution in [-0.4, -0.2) is 34.6 Å². The number of oxime groups is 1. The third-order valence-electron chi connectivity index (χ3n) is 4.62. The van der Waals surface area contributed by atoms with Gasteiger partial charge in [0.2, 0.25) is 5.88 Å². The van der Waals surface area contributed by atoms with E-state index in [2.05, 4.69) is 10.1 Å². The number of rotatable bonds is 6. The monoisotopic (exact) mass is 343 g/mol. The molecule has 0 saturated heterocycles. The molecule has 0 unspecified atom stereocenters. The molecular formula is C19H25N3O3. The average Bonchev–Trinajstić information content (AvgIpc) is 3.15. The summed E-state index contributed by atoms with van der Waals surface area (Å²) in [4.78, 5) is 6.16. The van der Waals surface area contributed by atoms with Gasteiger partial charge in [-0.15, -0.1) is 0 Å². The number of furan rings is 1. The van der Waals surface area contributed by atoms with Crippen molar-refractivity contribution in [2.75, 3.05) is 13.7 Å². The first kappa shape index (κ1) is 17.3. The summed E-state index contributed by atoms with van der Waals surface area (Å²) in [6.45, 7) is 1.15. The molecule has 0 bridgehead atoms. The fourth-order valence-electron chi connectivity index (χ4n) is 3.27. The average molecular weight is 343 g/mol. The van der Waals surface area contributed by atoms with Gasteiger partial charge in [-0.05, 0) is 43.0 Å². The van der Waals surface area contributed by atoms with Gasteiger partial charge in [0, 0.05) is 13.2 Å². The van der Waals surface area contributed by atoms with Crippen LogP contribution in [0.5, 0.6) is 5.88 Å². The van der Waals surface area contributed by atoms with Gasteiger partial charge in [0.15, 0.2) is 5.84 Å². The molecule has 1 fully saturated rings. The Bertz CT molecular complexity index is 679. The predicted octanol–water partition coefficient (Wildman–Crippen LogP) is 3.90. The van der Waals surface area contributed by atoms with Crippen molar-refractivity contribution in [3.8, 4) is 5.88 Å².